The average Bonchev–Trinajstić information content (AvgIpc) is 2.66. The molecular formula is C20H18ClN5. The van der Waals surface area contributed by atoms with Crippen LogP contribution in [-0.4, -0.2) is 24.5 Å². The Bertz CT molecular complexity index is 911. The van der Waals surface area contributed by atoms with Gasteiger partial charge < -0.3 is 5.73 Å². The van der Waals surface area contributed by atoms with Crippen LogP contribution in [0.15, 0.2) is 47.2 Å². The van der Waals surface area contributed by atoms with Gasteiger partial charge in [-0.3, -0.25) is 4.90 Å². The highest BCUT2D eigenvalue weighted by Gasteiger charge is 2.54. The van der Waals surface area contributed by atoms with E-state index < -0.39 is 11.3 Å². The molecule has 2 aliphatic rings. The third-order valence-corrected chi connectivity index (χ3v) is 5.63. The molecule has 6 heteroatoms. The van der Waals surface area contributed by atoms with Crippen molar-refractivity contribution in [1.29, 1.82) is 15.8 Å². The third-order valence-electron chi connectivity index (χ3n) is 5.40. The van der Waals surface area contributed by atoms with Crippen LogP contribution in [0.2, 0.25) is 5.02 Å². The fourth-order valence-corrected chi connectivity index (χ4v) is 4.27. The quantitative estimate of drug-likeness (QED) is 0.870. The van der Waals surface area contributed by atoms with Crippen LogP contribution in [0.25, 0.3) is 0 Å². The van der Waals surface area contributed by atoms with Gasteiger partial charge in [0, 0.05) is 29.9 Å². The second-order valence-corrected chi connectivity index (χ2v) is 7.02. The van der Waals surface area contributed by atoms with Gasteiger partial charge in [0.1, 0.15) is 6.07 Å². The van der Waals surface area contributed by atoms with E-state index in [-0.39, 0.29) is 17.2 Å². The highest BCUT2D eigenvalue weighted by atomic mass is 35.5. The summed E-state index contributed by atoms with van der Waals surface area (Å²) in [6, 6.07) is 13.6. The molecule has 0 saturated carbocycles. The second kappa shape index (κ2) is 6.85. The topological polar surface area (TPSA) is 101 Å². The Hall–Kier alpha value is -2.78. The van der Waals surface area contributed by atoms with E-state index in [0.717, 1.165) is 24.2 Å². The highest BCUT2D eigenvalue weighted by molar-refractivity contribution is 6.30. The molecule has 5 nitrogen and oxygen atoms in total. The van der Waals surface area contributed by atoms with Crippen molar-refractivity contribution in [3.63, 3.8) is 0 Å². The van der Waals surface area contributed by atoms with E-state index in [9.17, 15) is 15.8 Å². The lowest BCUT2D eigenvalue weighted by Crippen LogP contribution is -2.48. The summed E-state index contributed by atoms with van der Waals surface area (Å²) in [6.45, 7) is 4.28. The minimum atomic E-state index is -1.60. The van der Waals surface area contributed by atoms with Gasteiger partial charge in [0.25, 0.3) is 0 Å². The van der Waals surface area contributed by atoms with E-state index in [4.69, 9.17) is 17.3 Å². The summed E-state index contributed by atoms with van der Waals surface area (Å²) in [5.41, 5.74) is 6.59. The van der Waals surface area contributed by atoms with Crippen LogP contribution in [0.3, 0.4) is 0 Å². The van der Waals surface area contributed by atoms with Crippen molar-refractivity contribution in [2.45, 2.75) is 12.8 Å². The molecule has 0 radical (unpaired) electrons. The normalized spacial score (nSPS) is 24.7. The number of hydrogen-bond acceptors (Lipinski definition) is 5. The molecule has 0 saturated heterocycles. The number of allylic oxidation sites excluding steroid dienone is 2. The van der Waals surface area contributed by atoms with Gasteiger partial charge in [-0.2, -0.15) is 15.8 Å². The fraction of sp³-hybridized carbons (Fsp3) is 0.350. The first kappa shape index (κ1) is 18.0. The van der Waals surface area contributed by atoms with Crippen LogP contribution >= 0.6 is 11.6 Å². The zero-order valence-corrected chi connectivity index (χ0v) is 15.2. The molecule has 0 amide bonds. The van der Waals surface area contributed by atoms with Crippen molar-refractivity contribution < 1.29 is 0 Å². The van der Waals surface area contributed by atoms with Gasteiger partial charge in [-0.1, -0.05) is 36.7 Å². The van der Waals surface area contributed by atoms with Gasteiger partial charge in [-0.15, -0.1) is 0 Å². The number of likely N-dealkylation sites (N-methyl/N-ethyl adjacent to an activating group) is 1. The number of nitriles is 3. The first-order valence-corrected chi connectivity index (χ1v) is 8.81. The lowest BCUT2D eigenvalue weighted by molar-refractivity contribution is 0.214. The number of nitrogens with two attached hydrogens (primary N) is 1. The fourth-order valence-electron chi connectivity index (χ4n) is 4.07. The molecule has 3 rings (SSSR count). The minimum absolute atomic E-state index is 0.0439. The summed E-state index contributed by atoms with van der Waals surface area (Å²) in [4.78, 5) is 2.22. The van der Waals surface area contributed by atoms with Crippen LogP contribution in [0.5, 0.6) is 0 Å². The average molecular weight is 364 g/mol. The Balaban J connectivity index is 2.32. The van der Waals surface area contributed by atoms with Crippen LogP contribution in [0.4, 0.5) is 0 Å². The molecule has 1 aliphatic carbocycles. The maximum absolute atomic E-state index is 9.98. The van der Waals surface area contributed by atoms with Crippen LogP contribution in [0, 0.1) is 45.3 Å². The molecule has 0 aromatic heterocycles. The predicted octanol–water partition coefficient (Wildman–Crippen LogP) is 3.09. The van der Waals surface area contributed by atoms with Gasteiger partial charge in [0.2, 0.25) is 0 Å². The number of benzene rings is 1. The third kappa shape index (κ3) is 2.56. The van der Waals surface area contributed by atoms with E-state index >= 15 is 0 Å². The van der Waals surface area contributed by atoms with E-state index in [2.05, 4.69) is 30.0 Å². The maximum atomic E-state index is 9.98. The molecule has 26 heavy (non-hydrogen) atoms. The van der Waals surface area contributed by atoms with Gasteiger partial charge >= 0.3 is 0 Å². The molecule has 0 fully saturated rings. The number of rotatable bonds is 2. The van der Waals surface area contributed by atoms with Crippen molar-refractivity contribution in [3.05, 3.63) is 57.8 Å². The Labute approximate surface area is 158 Å². The first-order chi connectivity index (χ1) is 12.5. The molecule has 1 aromatic rings. The highest BCUT2D eigenvalue weighted by Crippen LogP contribution is 2.54. The Kier molecular flexibility index (Phi) is 4.75. The van der Waals surface area contributed by atoms with Crippen LogP contribution in [-0.2, 0) is 0 Å². The molecule has 1 aromatic carbocycles. The Morgan fingerprint density at radius 1 is 1.31 bits per heavy atom. The molecule has 130 valence electrons. The molecule has 1 aliphatic heterocycles. The van der Waals surface area contributed by atoms with Crippen LogP contribution in [0.1, 0.15) is 18.4 Å². The molecule has 2 atom stereocenters. The van der Waals surface area contributed by atoms with Gasteiger partial charge in [-0.05, 0) is 29.8 Å². The summed E-state index contributed by atoms with van der Waals surface area (Å²) in [6.07, 6.45) is 2.00. The van der Waals surface area contributed by atoms with Gasteiger partial charge in [0.05, 0.1) is 23.4 Å². The summed E-state index contributed by atoms with van der Waals surface area (Å²) < 4.78 is 0. The number of halogens is 1. The number of hydrogen-bond donors (Lipinski definition) is 1. The van der Waals surface area contributed by atoms with Gasteiger partial charge in [-0.25, -0.2) is 0 Å². The summed E-state index contributed by atoms with van der Waals surface area (Å²) in [7, 11) is 0. The van der Waals surface area contributed by atoms with Crippen molar-refractivity contribution in [2.75, 3.05) is 19.6 Å². The van der Waals surface area contributed by atoms with E-state index in [1.165, 1.54) is 0 Å². The summed E-state index contributed by atoms with van der Waals surface area (Å²) >= 11 is 6.18. The van der Waals surface area contributed by atoms with E-state index in [0.29, 0.717) is 11.6 Å². The minimum Gasteiger partial charge on any atom is -0.399 e. The predicted molar refractivity (Wildman–Crippen MR) is 98.4 cm³/mol. The SMILES string of the molecule is CCN1CC=C2C(C#N)=C(N)C(C#N)(C#N)[C@@H](c3cccc(Cl)c3)[C@H]2C1. The summed E-state index contributed by atoms with van der Waals surface area (Å²) in [5, 5.41) is 30.2. The van der Waals surface area contributed by atoms with Crippen molar-refractivity contribution in [1.82, 2.24) is 4.90 Å². The van der Waals surface area contributed by atoms with Crippen molar-refractivity contribution in [3.8, 4) is 18.2 Å². The van der Waals surface area contributed by atoms with E-state index in [1.807, 2.05) is 12.1 Å². The molecular weight excluding hydrogens is 346 g/mol. The maximum Gasteiger partial charge on any atom is 0.191 e. The molecule has 0 unspecified atom stereocenters. The monoisotopic (exact) mass is 363 g/mol. The lowest BCUT2D eigenvalue weighted by atomic mass is 9.58. The molecule has 0 bridgehead atoms. The molecule has 2 N–H and O–H groups in total. The zero-order valence-electron chi connectivity index (χ0n) is 14.4. The van der Waals surface area contributed by atoms with E-state index in [1.54, 1.807) is 18.2 Å². The molecule has 0 spiro atoms. The van der Waals surface area contributed by atoms with Gasteiger partial charge in [0.15, 0.2) is 5.41 Å². The Morgan fingerprint density at radius 2 is 2.04 bits per heavy atom. The van der Waals surface area contributed by atoms with Crippen LogP contribution < -0.4 is 5.73 Å². The standard InChI is InChI=1S/C20H18ClN5/c1-2-26-7-6-15-16(9-22)19(25)20(11-23,12-24)18(17(15)10-26)13-4-3-5-14(21)8-13/h3-6,8,17-18H,2,7,10,25H2,1H3/t17-,18-/m0/s1. The number of fused-ring (bicyclic) bond motifs is 1. The molecule has 1 heterocycles. The first-order valence-electron chi connectivity index (χ1n) is 8.43. The van der Waals surface area contributed by atoms with Crippen molar-refractivity contribution in [2.24, 2.45) is 17.1 Å². The summed E-state index contributed by atoms with van der Waals surface area (Å²) in [5.74, 6) is -0.669. The Morgan fingerprint density at radius 3 is 2.62 bits per heavy atom. The lowest BCUT2D eigenvalue weighted by Gasteiger charge is -2.45. The second-order valence-electron chi connectivity index (χ2n) is 6.58. The number of nitrogens with zero attached hydrogens (tertiary/aromatic N) is 4. The smallest absolute Gasteiger partial charge is 0.191 e. The van der Waals surface area contributed by atoms with Crippen molar-refractivity contribution >= 4 is 11.6 Å². The largest absolute Gasteiger partial charge is 0.399 e. The zero-order chi connectivity index (χ0) is 18.9.